The molecule has 0 bridgehead atoms. The number of halogens is 4. The van der Waals surface area contributed by atoms with Crippen LogP contribution in [-0.4, -0.2) is 50.5 Å². The molecule has 0 aliphatic carbocycles. The van der Waals surface area contributed by atoms with Gasteiger partial charge in [0.05, 0.1) is 34.2 Å². The zero-order valence-electron chi connectivity index (χ0n) is 13.8. The van der Waals surface area contributed by atoms with Crippen molar-refractivity contribution < 1.29 is 13.9 Å². The maximum absolute atomic E-state index is 12.5. The molecule has 142 valence electrons. The topological polar surface area (TPSA) is 79.1 Å². The van der Waals surface area contributed by atoms with Crippen LogP contribution in [0.2, 0.25) is 10.2 Å². The zero-order valence-corrected chi connectivity index (χ0v) is 15.3. The van der Waals surface area contributed by atoms with Gasteiger partial charge in [-0.15, -0.1) is 0 Å². The van der Waals surface area contributed by atoms with E-state index in [9.17, 15) is 13.9 Å². The Hall–Kier alpha value is -2.23. The average Bonchev–Trinajstić information content (AvgIpc) is 2.92. The normalized spacial score (nSPS) is 14.8. The smallest absolute Gasteiger partial charge is 0.257 e. The second kappa shape index (κ2) is 7.06. The molecule has 3 heterocycles. The highest BCUT2D eigenvalue weighted by atomic mass is 35.5. The number of benzene rings is 1. The van der Waals surface area contributed by atoms with E-state index in [1.165, 1.54) is 6.20 Å². The number of nitrogens with one attached hydrogen (secondary N) is 1. The summed E-state index contributed by atoms with van der Waals surface area (Å²) in [4.78, 5) is 10.6. The van der Waals surface area contributed by atoms with Crippen LogP contribution in [0.1, 0.15) is 0 Å². The molecule has 0 unspecified atom stereocenters. The fourth-order valence-corrected chi connectivity index (χ4v) is 3.33. The van der Waals surface area contributed by atoms with Crippen molar-refractivity contribution in [3.05, 3.63) is 34.7 Å². The van der Waals surface area contributed by atoms with Gasteiger partial charge in [0.15, 0.2) is 5.15 Å². The molecule has 1 aliphatic rings. The van der Waals surface area contributed by atoms with E-state index in [2.05, 4.69) is 20.4 Å². The number of hydrogen-bond acceptors (Lipinski definition) is 6. The third kappa shape index (κ3) is 3.62. The lowest BCUT2D eigenvalue weighted by Crippen LogP contribution is -2.50. The number of aliphatic hydroxyl groups is 1. The number of anilines is 3. The van der Waals surface area contributed by atoms with Gasteiger partial charge in [-0.3, -0.25) is 0 Å². The minimum absolute atomic E-state index is 0.0466. The third-order valence-corrected chi connectivity index (χ3v) is 4.89. The van der Waals surface area contributed by atoms with Crippen molar-refractivity contribution in [2.75, 3.05) is 23.3 Å². The Labute approximate surface area is 162 Å². The Kier molecular flexibility index (Phi) is 4.75. The molecule has 1 fully saturated rings. The Morgan fingerprint density at radius 1 is 1.26 bits per heavy atom. The van der Waals surface area contributed by atoms with E-state index in [0.29, 0.717) is 29.3 Å². The van der Waals surface area contributed by atoms with Crippen molar-refractivity contribution in [2.45, 2.75) is 19.1 Å². The van der Waals surface area contributed by atoms with E-state index in [0.717, 1.165) is 15.8 Å². The number of β-amino-alcohol motifs (C(OH)–C–C–N with tert-alkyl or cyclic N) is 1. The van der Waals surface area contributed by atoms with Gasteiger partial charge in [-0.2, -0.15) is 5.10 Å². The Balaban J connectivity index is 1.61. The summed E-state index contributed by atoms with van der Waals surface area (Å²) in [5.41, 5.74) is 1.75. The van der Waals surface area contributed by atoms with Crippen molar-refractivity contribution in [1.29, 1.82) is 0 Å². The lowest BCUT2D eigenvalue weighted by Gasteiger charge is -2.38. The molecule has 0 saturated carbocycles. The molecule has 7 nitrogen and oxygen atoms in total. The van der Waals surface area contributed by atoms with E-state index in [1.807, 2.05) is 11.0 Å². The molecule has 0 atom stereocenters. The third-order valence-electron chi connectivity index (χ3n) is 4.18. The van der Waals surface area contributed by atoms with E-state index < -0.39 is 13.0 Å². The summed E-state index contributed by atoms with van der Waals surface area (Å²) >= 11 is 12.4. The highest BCUT2D eigenvalue weighted by molar-refractivity contribution is 6.34. The largest absolute Gasteiger partial charge is 0.389 e. The fourth-order valence-electron chi connectivity index (χ4n) is 2.83. The van der Waals surface area contributed by atoms with Crippen molar-refractivity contribution in [3.8, 4) is 0 Å². The van der Waals surface area contributed by atoms with Gasteiger partial charge in [0, 0.05) is 24.7 Å². The number of alkyl halides is 2. The zero-order chi connectivity index (χ0) is 19.1. The molecule has 0 radical (unpaired) electrons. The SMILES string of the molecule is OC1CN(c2cc3nc(Nc4cnn(CC(F)F)c4Cl)ncc3cc2Cl)C1. The van der Waals surface area contributed by atoms with Gasteiger partial charge >= 0.3 is 0 Å². The van der Waals surface area contributed by atoms with E-state index in [4.69, 9.17) is 23.2 Å². The predicted octanol–water partition coefficient (Wildman–Crippen LogP) is 3.32. The monoisotopic (exact) mass is 414 g/mol. The minimum atomic E-state index is -2.56. The van der Waals surface area contributed by atoms with Gasteiger partial charge in [0.25, 0.3) is 6.43 Å². The van der Waals surface area contributed by atoms with Gasteiger partial charge in [-0.05, 0) is 12.1 Å². The molecule has 3 aromatic rings. The first-order valence-corrected chi connectivity index (χ1v) is 8.82. The number of rotatable bonds is 5. The molecule has 1 aromatic carbocycles. The van der Waals surface area contributed by atoms with E-state index >= 15 is 0 Å². The summed E-state index contributed by atoms with van der Waals surface area (Å²) in [7, 11) is 0. The summed E-state index contributed by atoms with van der Waals surface area (Å²) < 4.78 is 26.0. The van der Waals surface area contributed by atoms with Gasteiger partial charge in [-0.1, -0.05) is 23.2 Å². The molecule has 11 heteroatoms. The summed E-state index contributed by atoms with van der Waals surface area (Å²) in [6.45, 7) is 0.434. The predicted molar refractivity (Wildman–Crippen MR) is 99.3 cm³/mol. The van der Waals surface area contributed by atoms with Crippen molar-refractivity contribution >= 4 is 51.4 Å². The molecular weight excluding hydrogens is 401 g/mol. The molecule has 4 rings (SSSR count). The maximum atomic E-state index is 12.5. The van der Waals surface area contributed by atoms with Crippen molar-refractivity contribution in [3.63, 3.8) is 0 Å². The van der Waals surface area contributed by atoms with Crippen LogP contribution in [0, 0.1) is 0 Å². The van der Waals surface area contributed by atoms with Crippen LogP contribution in [-0.2, 0) is 6.54 Å². The summed E-state index contributed by atoms with van der Waals surface area (Å²) in [6, 6.07) is 3.58. The fraction of sp³-hybridized carbons (Fsp3) is 0.312. The van der Waals surface area contributed by atoms with Crippen LogP contribution in [0.15, 0.2) is 24.5 Å². The summed E-state index contributed by atoms with van der Waals surface area (Å²) in [5.74, 6) is 0.248. The molecule has 2 N–H and O–H groups in total. The number of aliphatic hydroxyl groups excluding tert-OH is 1. The Bertz CT molecular complexity index is 992. The Morgan fingerprint density at radius 3 is 2.74 bits per heavy atom. The minimum Gasteiger partial charge on any atom is -0.389 e. The maximum Gasteiger partial charge on any atom is 0.257 e. The molecule has 1 saturated heterocycles. The number of nitrogens with zero attached hydrogens (tertiary/aromatic N) is 5. The lowest BCUT2D eigenvalue weighted by molar-refractivity contribution is 0.122. The molecule has 1 aliphatic heterocycles. The van der Waals surface area contributed by atoms with E-state index in [1.54, 1.807) is 12.3 Å². The highest BCUT2D eigenvalue weighted by Gasteiger charge is 2.26. The van der Waals surface area contributed by atoms with Crippen LogP contribution in [0.4, 0.5) is 26.1 Å². The number of hydrogen-bond donors (Lipinski definition) is 2. The molecule has 0 amide bonds. The van der Waals surface area contributed by atoms with E-state index in [-0.39, 0.29) is 17.2 Å². The van der Waals surface area contributed by atoms with Gasteiger partial charge in [-0.25, -0.2) is 23.4 Å². The second-order valence-corrected chi connectivity index (χ2v) is 6.93. The first-order valence-electron chi connectivity index (χ1n) is 8.06. The average molecular weight is 415 g/mol. The van der Waals surface area contributed by atoms with Gasteiger partial charge < -0.3 is 15.3 Å². The van der Waals surface area contributed by atoms with Gasteiger partial charge in [0.2, 0.25) is 5.95 Å². The Morgan fingerprint density at radius 2 is 2.04 bits per heavy atom. The summed E-state index contributed by atoms with van der Waals surface area (Å²) in [6.07, 6.45) is 0.0251. The van der Waals surface area contributed by atoms with Crippen LogP contribution < -0.4 is 10.2 Å². The molecular formula is C16H14Cl2F2N6O. The second-order valence-electron chi connectivity index (χ2n) is 6.16. The molecule has 27 heavy (non-hydrogen) atoms. The summed E-state index contributed by atoms with van der Waals surface area (Å²) in [5, 5.41) is 17.5. The molecule has 2 aromatic heterocycles. The lowest BCUT2D eigenvalue weighted by atomic mass is 10.1. The standard InChI is InChI=1S/C16H14Cl2F2N6O/c17-10-1-8-3-21-16(23-11(8)2-13(10)25-5-9(27)6-25)24-12-4-22-26(15(12)18)7-14(19)20/h1-4,9,14,27H,5-7H2,(H,21,23,24). The van der Waals surface area contributed by atoms with Crippen LogP contribution >= 0.6 is 23.2 Å². The number of fused-ring (bicyclic) bond motifs is 1. The number of aromatic nitrogens is 4. The van der Waals surface area contributed by atoms with Crippen molar-refractivity contribution in [2.24, 2.45) is 0 Å². The quantitative estimate of drug-likeness (QED) is 0.666. The first-order chi connectivity index (χ1) is 12.9. The van der Waals surface area contributed by atoms with Crippen molar-refractivity contribution in [1.82, 2.24) is 19.7 Å². The molecule has 0 spiro atoms. The van der Waals surface area contributed by atoms with Crippen LogP contribution in [0.25, 0.3) is 10.9 Å². The highest BCUT2D eigenvalue weighted by Crippen LogP contribution is 2.33. The van der Waals surface area contributed by atoms with Crippen LogP contribution in [0.5, 0.6) is 0 Å². The van der Waals surface area contributed by atoms with Crippen LogP contribution in [0.3, 0.4) is 0 Å². The first kappa shape index (κ1) is 18.1. The van der Waals surface area contributed by atoms with Gasteiger partial charge in [0.1, 0.15) is 6.54 Å².